The summed E-state index contributed by atoms with van der Waals surface area (Å²) in [6, 6.07) is 11.1. The average Bonchev–Trinajstić information content (AvgIpc) is 2.67. The third kappa shape index (κ3) is 5.68. The number of piperazine rings is 1. The average molecular weight is 422 g/mol. The third-order valence-electron chi connectivity index (χ3n) is 4.14. The van der Waals surface area contributed by atoms with E-state index in [4.69, 9.17) is 11.6 Å². The van der Waals surface area contributed by atoms with E-state index in [1.54, 1.807) is 36.4 Å². The monoisotopic (exact) mass is 421 g/mol. The van der Waals surface area contributed by atoms with Crippen LogP contribution in [0.25, 0.3) is 6.08 Å². The lowest BCUT2D eigenvalue weighted by Gasteiger charge is -2.29. The van der Waals surface area contributed by atoms with E-state index in [0.29, 0.717) is 35.1 Å². The molecule has 0 aliphatic carbocycles. The summed E-state index contributed by atoms with van der Waals surface area (Å²) in [5.74, 6) is -0.562. The highest BCUT2D eigenvalue weighted by Gasteiger charge is 2.18. The first kappa shape index (κ1) is 20.6. The van der Waals surface area contributed by atoms with Crippen molar-refractivity contribution in [2.75, 3.05) is 29.9 Å². The number of carbonyl (C=O) groups is 2. The Balaban J connectivity index is 1.66. The van der Waals surface area contributed by atoms with Crippen molar-refractivity contribution in [3.63, 3.8) is 0 Å². The molecule has 2 N–H and O–H groups in total. The van der Waals surface area contributed by atoms with Crippen LogP contribution in [0.15, 0.2) is 48.5 Å². The second kappa shape index (κ2) is 9.38. The Hall–Kier alpha value is -3.13. The van der Waals surface area contributed by atoms with Crippen molar-refractivity contribution in [2.45, 2.75) is 6.61 Å². The van der Waals surface area contributed by atoms with Gasteiger partial charge in [0.15, 0.2) is 0 Å². The molecule has 0 saturated carbocycles. The van der Waals surface area contributed by atoms with E-state index in [1.807, 2.05) is 4.90 Å². The molecule has 152 valence electrons. The van der Waals surface area contributed by atoms with Crippen LogP contribution in [0.1, 0.15) is 5.56 Å². The first-order chi connectivity index (χ1) is 13.9. The van der Waals surface area contributed by atoms with Gasteiger partial charge in [0.05, 0.1) is 17.3 Å². The summed E-state index contributed by atoms with van der Waals surface area (Å²) in [4.78, 5) is 25.6. The van der Waals surface area contributed by atoms with E-state index in [0.717, 1.165) is 0 Å². The van der Waals surface area contributed by atoms with Gasteiger partial charge in [-0.15, -0.1) is 0 Å². The minimum absolute atomic E-state index is 0.0236. The minimum Gasteiger partial charge on any atom is -0.434 e. The summed E-state index contributed by atoms with van der Waals surface area (Å²) >= 11 is 6.31. The molecular weight excluding hydrogens is 404 g/mol. The topological polar surface area (TPSA) is 70.7 Å². The number of para-hydroxylation sites is 1. The molecule has 0 radical (unpaired) electrons. The number of benzene rings is 2. The van der Waals surface area contributed by atoms with Crippen molar-refractivity contribution in [3.8, 4) is 5.75 Å². The largest absolute Gasteiger partial charge is 0.434 e. The van der Waals surface area contributed by atoms with Crippen LogP contribution < -0.4 is 20.3 Å². The number of halogens is 3. The second-order valence-electron chi connectivity index (χ2n) is 6.18. The van der Waals surface area contributed by atoms with Crippen LogP contribution in [0.4, 0.5) is 20.2 Å². The fourth-order valence-corrected chi connectivity index (χ4v) is 3.16. The molecule has 3 rings (SSSR count). The van der Waals surface area contributed by atoms with Crippen molar-refractivity contribution < 1.29 is 23.1 Å². The number of hydrogen-bond donors (Lipinski definition) is 2. The summed E-state index contributed by atoms with van der Waals surface area (Å²) in [5, 5.41) is 5.80. The van der Waals surface area contributed by atoms with Gasteiger partial charge in [-0.05, 0) is 30.3 Å². The highest BCUT2D eigenvalue weighted by molar-refractivity contribution is 6.33. The fraction of sp³-hybridized carbons (Fsp3) is 0.200. The van der Waals surface area contributed by atoms with Crippen molar-refractivity contribution in [1.29, 1.82) is 0 Å². The molecule has 1 aliphatic rings. The summed E-state index contributed by atoms with van der Waals surface area (Å²) in [7, 11) is 0. The van der Waals surface area contributed by atoms with Crippen molar-refractivity contribution in [1.82, 2.24) is 5.32 Å². The van der Waals surface area contributed by atoms with E-state index in [9.17, 15) is 18.4 Å². The summed E-state index contributed by atoms with van der Waals surface area (Å²) in [6.07, 6.45) is 2.60. The van der Waals surface area contributed by atoms with Crippen molar-refractivity contribution in [2.24, 2.45) is 0 Å². The number of carbonyl (C=O) groups excluding carboxylic acids is 2. The van der Waals surface area contributed by atoms with Gasteiger partial charge in [0.1, 0.15) is 5.75 Å². The number of nitrogens with one attached hydrogen (secondary N) is 2. The van der Waals surface area contributed by atoms with E-state index in [1.165, 1.54) is 18.2 Å². The van der Waals surface area contributed by atoms with Gasteiger partial charge in [-0.25, -0.2) is 0 Å². The van der Waals surface area contributed by atoms with Gasteiger partial charge >= 0.3 is 6.61 Å². The molecule has 2 aromatic carbocycles. The molecule has 1 heterocycles. The number of rotatable bonds is 6. The van der Waals surface area contributed by atoms with E-state index in [2.05, 4.69) is 15.4 Å². The summed E-state index contributed by atoms with van der Waals surface area (Å²) in [6.45, 7) is -1.56. The molecule has 1 aliphatic heterocycles. The maximum absolute atomic E-state index is 12.4. The fourth-order valence-electron chi connectivity index (χ4n) is 2.86. The molecule has 2 amide bonds. The third-order valence-corrected chi connectivity index (χ3v) is 4.45. The van der Waals surface area contributed by atoms with Gasteiger partial charge in [-0.2, -0.15) is 8.78 Å². The Kier molecular flexibility index (Phi) is 6.66. The molecule has 1 saturated heterocycles. The van der Waals surface area contributed by atoms with E-state index < -0.39 is 12.5 Å². The van der Waals surface area contributed by atoms with Gasteiger partial charge in [0, 0.05) is 30.4 Å². The highest BCUT2D eigenvalue weighted by atomic mass is 35.5. The van der Waals surface area contributed by atoms with E-state index >= 15 is 0 Å². The molecule has 0 spiro atoms. The van der Waals surface area contributed by atoms with Crippen molar-refractivity contribution in [3.05, 3.63) is 59.1 Å². The number of amides is 2. The lowest BCUT2D eigenvalue weighted by atomic mass is 10.2. The molecule has 9 heteroatoms. The first-order valence-corrected chi connectivity index (χ1v) is 9.14. The first-order valence-electron chi connectivity index (χ1n) is 8.76. The summed E-state index contributed by atoms with van der Waals surface area (Å²) in [5.41, 5.74) is 1.51. The minimum atomic E-state index is -2.95. The summed E-state index contributed by atoms with van der Waals surface area (Å²) < 4.78 is 29.3. The SMILES string of the molecule is O=C(C=Cc1ccccc1OC(F)F)Nc1ccc(N2CCNC(=O)C2)c(Cl)c1. The van der Waals surface area contributed by atoms with Crippen LogP contribution in [0.3, 0.4) is 0 Å². The molecule has 1 fully saturated rings. The standard InChI is InChI=1S/C20H18ClF2N3O3/c21-15-11-14(6-7-16(15)26-10-9-24-19(28)12-26)25-18(27)8-5-13-3-1-2-4-17(13)29-20(22)23/h1-8,11,20H,9-10,12H2,(H,24,28)(H,25,27). The van der Waals surface area contributed by atoms with Crippen molar-refractivity contribution >= 4 is 40.9 Å². The number of alkyl halides is 2. The van der Waals surface area contributed by atoms with Gasteiger partial charge in [-0.3, -0.25) is 9.59 Å². The van der Waals surface area contributed by atoms with Crippen LogP contribution in [-0.4, -0.2) is 38.1 Å². The Morgan fingerprint density at radius 3 is 2.79 bits per heavy atom. The highest BCUT2D eigenvalue weighted by Crippen LogP contribution is 2.29. The lowest BCUT2D eigenvalue weighted by molar-refractivity contribution is -0.120. The van der Waals surface area contributed by atoms with Gasteiger partial charge in [-0.1, -0.05) is 29.8 Å². The normalized spacial score (nSPS) is 14.2. The maximum atomic E-state index is 12.4. The van der Waals surface area contributed by atoms with Gasteiger partial charge in [0.2, 0.25) is 11.8 Å². The lowest BCUT2D eigenvalue weighted by Crippen LogP contribution is -2.47. The molecule has 0 unspecified atom stereocenters. The van der Waals surface area contributed by atoms with Crippen LogP contribution in [0, 0.1) is 0 Å². The zero-order valence-electron chi connectivity index (χ0n) is 15.2. The number of anilines is 2. The van der Waals surface area contributed by atoms with Crippen LogP contribution >= 0.6 is 11.6 Å². The second-order valence-corrected chi connectivity index (χ2v) is 6.58. The predicted octanol–water partition coefficient (Wildman–Crippen LogP) is 3.53. The van der Waals surface area contributed by atoms with Crippen LogP contribution in [0.5, 0.6) is 5.75 Å². The Morgan fingerprint density at radius 2 is 2.07 bits per heavy atom. The quantitative estimate of drug-likeness (QED) is 0.700. The molecule has 0 atom stereocenters. The van der Waals surface area contributed by atoms with Gasteiger partial charge in [0.25, 0.3) is 0 Å². The molecule has 0 bridgehead atoms. The molecular formula is C20H18ClF2N3O3. The number of nitrogens with zero attached hydrogens (tertiary/aromatic N) is 1. The predicted molar refractivity (Wildman–Crippen MR) is 107 cm³/mol. The maximum Gasteiger partial charge on any atom is 0.387 e. The molecule has 0 aromatic heterocycles. The van der Waals surface area contributed by atoms with Crippen LogP contribution in [-0.2, 0) is 9.59 Å². The smallest absolute Gasteiger partial charge is 0.387 e. The Bertz CT molecular complexity index is 937. The van der Waals surface area contributed by atoms with Crippen LogP contribution in [0.2, 0.25) is 5.02 Å². The van der Waals surface area contributed by atoms with Gasteiger partial charge < -0.3 is 20.3 Å². The molecule has 6 nitrogen and oxygen atoms in total. The molecule has 29 heavy (non-hydrogen) atoms. The number of ether oxygens (including phenoxy) is 1. The Labute approximate surface area is 171 Å². The zero-order chi connectivity index (χ0) is 20.8. The number of hydrogen-bond acceptors (Lipinski definition) is 4. The van der Waals surface area contributed by atoms with E-state index in [-0.39, 0.29) is 18.2 Å². The zero-order valence-corrected chi connectivity index (χ0v) is 16.0. The Morgan fingerprint density at radius 1 is 1.28 bits per heavy atom. The molecule has 2 aromatic rings.